The van der Waals surface area contributed by atoms with Crippen LogP contribution < -0.4 is 0 Å². The van der Waals surface area contributed by atoms with E-state index in [2.05, 4.69) is 6.58 Å². The zero-order chi connectivity index (χ0) is 6.57. The molecule has 0 radical (unpaired) electrons. The molecule has 0 atom stereocenters. The maximum atomic E-state index is 11.7. The highest BCUT2D eigenvalue weighted by molar-refractivity contribution is 4.78. The molecule has 0 aromatic heterocycles. The molecule has 0 saturated heterocycles. The molecule has 0 aromatic rings. The fraction of sp³-hybridized carbons (Fsp3) is 0.667. The van der Waals surface area contributed by atoms with Crippen molar-refractivity contribution in [1.82, 2.24) is 0 Å². The van der Waals surface area contributed by atoms with E-state index in [1.54, 1.807) is 0 Å². The van der Waals surface area contributed by atoms with Gasteiger partial charge < -0.3 is 4.74 Å². The maximum Gasteiger partial charge on any atom is 0.118 e. The van der Waals surface area contributed by atoms with Crippen molar-refractivity contribution in [2.24, 2.45) is 0 Å². The molecule has 48 valence electrons. The summed E-state index contributed by atoms with van der Waals surface area (Å²) < 4.78 is 16.6. The molecule has 0 spiro atoms. The van der Waals surface area contributed by atoms with E-state index in [1.807, 2.05) is 13.8 Å². The van der Waals surface area contributed by atoms with Crippen molar-refractivity contribution >= 4 is 0 Å². The molecule has 0 heterocycles. The standard InChI is InChI=1S/C6H11FO/c1-5(2)8-4-6(3)7/h5H,3-4H2,1-2H3. The summed E-state index contributed by atoms with van der Waals surface area (Å²) in [5, 5.41) is 0. The van der Waals surface area contributed by atoms with Gasteiger partial charge in [0.25, 0.3) is 0 Å². The summed E-state index contributed by atoms with van der Waals surface area (Å²) in [4.78, 5) is 0. The molecule has 0 aliphatic heterocycles. The molecule has 0 aliphatic rings. The van der Waals surface area contributed by atoms with Crippen LogP contribution in [0.3, 0.4) is 0 Å². The van der Waals surface area contributed by atoms with E-state index in [0.717, 1.165) is 0 Å². The van der Waals surface area contributed by atoms with Crippen molar-refractivity contribution in [3.8, 4) is 0 Å². The Bertz CT molecular complexity index is 78.6. The number of halogens is 1. The Morgan fingerprint density at radius 2 is 2.25 bits per heavy atom. The van der Waals surface area contributed by atoms with Crippen LogP contribution in [0.2, 0.25) is 0 Å². The lowest BCUT2D eigenvalue weighted by Crippen LogP contribution is -2.03. The zero-order valence-electron chi connectivity index (χ0n) is 5.28. The van der Waals surface area contributed by atoms with Gasteiger partial charge in [-0.1, -0.05) is 6.58 Å². The topological polar surface area (TPSA) is 9.23 Å². The van der Waals surface area contributed by atoms with Crippen molar-refractivity contribution in [3.63, 3.8) is 0 Å². The summed E-state index contributed by atoms with van der Waals surface area (Å²) in [6.45, 7) is 6.76. The van der Waals surface area contributed by atoms with Crippen LogP contribution in [0.1, 0.15) is 13.8 Å². The Hall–Kier alpha value is -0.370. The number of ether oxygens (including phenoxy) is 1. The van der Waals surface area contributed by atoms with E-state index in [4.69, 9.17) is 4.74 Å². The van der Waals surface area contributed by atoms with Gasteiger partial charge in [-0.2, -0.15) is 0 Å². The Balaban J connectivity index is 3.05. The van der Waals surface area contributed by atoms with E-state index < -0.39 is 5.83 Å². The molecule has 2 heteroatoms. The highest BCUT2D eigenvalue weighted by Crippen LogP contribution is 1.94. The highest BCUT2D eigenvalue weighted by atomic mass is 19.1. The molecular formula is C6H11FO. The molecule has 0 N–H and O–H groups in total. The van der Waals surface area contributed by atoms with Gasteiger partial charge in [0.1, 0.15) is 5.83 Å². The normalized spacial score (nSPS) is 10.0. The summed E-state index contributed by atoms with van der Waals surface area (Å²) in [6.07, 6.45) is 0.0856. The van der Waals surface area contributed by atoms with Gasteiger partial charge in [0.05, 0.1) is 12.7 Å². The second-order valence-electron chi connectivity index (χ2n) is 1.88. The molecular weight excluding hydrogens is 107 g/mol. The lowest BCUT2D eigenvalue weighted by Gasteiger charge is -2.03. The van der Waals surface area contributed by atoms with Crippen molar-refractivity contribution in [2.45, 2.75) is 20.0 Å². The fourth-order valence-electron chi connectivity index (χ4n) is 0.257. The van der Waals surface area contributed by atoms with Crippen LogP contribution in [-0.4, -0.2) is 12.7 Å². The molecule has 0 aliphatic carbocycles. The minimum atomic E-state index is -0.418. The highest BCUT2D eigenvalue weighted by Gasteiger charge is 1.92. The lowest BCUT2D eigenvalue weighted by molar-refractivity contribution is 0.0873. The van der Waals surface area contributed by atoms with Crippen LogP contribution in [0.5, 0.6) is 0 Å². The second kappa shape index (κ2) is 3.61. The third kappa shape index (κ3) is 5.63. The van der Waals surface area contributed by atoms with Crippen LogP contribution in [0.25, 0.3) is 0 Å². The molecule has 0 fully saturated rings. The van der Waals surface area contributed by atoms with E-state index in [1.165, 1.54) is 0 Å². The smallest absolute Gasteiger partial charge is 0.118 e. The summed E-state index contributed by atoms with van der Waals surface area (Å²) in [5.41, 5.74) is 0. The molecule has 0 aromatic carbocycles. The molecule has 0 rings (SSSR count). The van der Waals surface area contributed by atoms with Gasteiger partial charge in [-0.05, 0) is 13.8 Å². The predicted molar refractivity (Wildman–Crippen MR) is 31.3 cm³/mol. The Kier molecular flexibility index (Phi) is 3.44. The fourth-order valence-corrected chi connectivity index (χ4v) is 0.257. The molecule has 0 unspecified atom stereocenters. The number of rotatable bonds is 3. The van der Waals surface area contributed by atoms with E-state index in [0.29, 0.717) is 0 Å². The molecule has 1 nitrogen and oxygen atoms in total. The van der Waals surface area contributed by atoms with Gasteiger partial charge in [0.15, 0.2) is 0 Å². The van der Waals surface area contributed by atoms with Crippen LogP contribution in [0.15, 0.2) is 12.4 Å². The number of hydrogen-bond donors (Lipinski definition) is 0. The zero-order valence-corrected chi connectivity index (χ0v) is 5.28. The summed E-state index contributed by atoms with van der Waals surface area (Å²) >= 11 is 0. The molecule has 0 bridgehead atoms. The Morgan fingerprint density at radius 3 is 2.38 bits per heavy atom. The first-order chi connectivity index (χ1) is 3.63. The predicted octanol–water partition coefficient (Wildman–Crippen LogP) is 1.89. The van der Waals surface area contributed by atoms with Crippen molar-refractivity contribution in [3.05, 3.63) is 12.4 Å². The Labute approximate surface area is 49.2 Å². The summed E-state index contributed by atoms with van der Waals surface area (Å²) in [5.74, 6) is -0.418. The third-order valence-corrected chi connectivity index (χ3v) is 0.573. The van der Waals surface area contributed by atoms with Crippen molar-refractivity contribution < 1.29 is 9.13 Å². The van der Waals surface area contributed by atoms with Gasteiger partial charge in [0, 0.05) is 0 Å². The second-order valence-corrected chi connectivity index (χ2v) is 1.88. The van der Waals surface area contributed by atoms with Crippen LogP contribution in [0, 0.1) is 0 Å². The average molecular weight is 118 g/mol. The van der Waals surface area contributed by atoms with Crippen molar-refractivity contribution in [2.75, 3.05) is 6.61 Å². The summed E-state index contributed by atoms with van der Waals surface area (Å²) in [7, 11) is 0. The van der Waals surface area contributed by atoms with Crippen LogP contribution in [0.4, 0.5) is 4.39 Å². The maximum absolute atomic E-state index is 11.7. The monoisotopic (exact) mass is 118 g/mol. The van der Waals surface area contributed by atoms with Crippen molar-refractivity contribution in [1.29, 1.82) is 0 Å². The first-order valence-corrected chi connectivity index (χ1v) is 2.58. The Morgan fingerprint density at radius 1 is 1.75 bits per heavy atom. The van der Waals surface area contributed by atoms with Crippen LogP contribution >= 0.6 is 0 Å². The molecule has 0 saturated carbocycles. The van der Waals surface area contributed by atoms with Gasteiger partial charge in [-0.25, -0.2) is 4.39 Å². The van der Waals surface area contributed by atoms with Gasteiger partial charge in [-0.15, -0.1) is 0 Å². The summed E-state index contributed by atoms with van der Waals surface area (Å²) in [6, 6.07) is 0. The quantitative estimate of drug-likeness (QED) is 0.550. The molecule has 0 amide bonds. The first-order valence-electron chi connectivity index (χ1n) is 2.58. The SMILES string of the molecule is C=C(F)COC(C)C. The molecule has 8 heavy (non-hydrogen) atoms. The van der Waals surface area contributed by atoms with Crippen LogP contribution in [-0.2, 0) is 4.74 Å². The average Bonchev–Trinajstić information content (AvgIpc) is 1.61. The largest absolute Gasteiger partial charge is 0.372 e. The minimum absolute atomic E-state index is 0.0255. The minimum Gasteiger partial charge on any atom is -0.372 e. The van der Waals surface area contributed by atoms with Gasteiger partial charge in [-0.3, -0.25) is 0 Å². The number of hydrogen-bond acceptors (Lipinski definition) is 1. The lowest BCUT2D eigenvalue weighted by atomic mass is 10.5. The van der Waals surface area contributed by atoms with E-state index in [-0.39, 0.29) is 12.7 Å². The third-order valence-electron chi connectivity index (χ3n) is 0.573. The van der Waals surface area contributed by atoms with Gasteiger partial charge >= 0.3 is 0 Å². The van der Waals surface area contributed by atoms with Gasteiger partial charge in [0.2, 0.25) is 0 Å². The first kappa shape index (κ1) is 7.63. The van der Waals surface area contributed by atoms with E-state index >= 15 is 0 Å². The van der Waals surface area contributed by atoms with E-state index in [9.17, 15) is 4.39 Å².